The Kier molecular flexibility index (Phi) is 5.71. The van der Waals surface area contributed by atoms with Crippen molar-refractivity contribution in [1.82, 2.24) is 15.5 Å². The third-order valence-electron chi connectivity index (χ3n) is 3.11. The first-order valence-electron chi connectivity index (χ1n) is 6.73. The van der Waals surface area contributed by atoms with Crippen molar-refractivity contribution in [3.63, 3.8) is 0 Å². The van der Waals surface area contributed by atoms with Crippen molar-refractivity contribution in [2.45, 2.75) is 55.8 Å². The summed E-state index contributed by atoms with van der Waals surface area (Å²) < 4.78 is 40.8. The normalized spacial score (nSPS) is 17.6. The zero-order valence-electron chi connectivity index (χ0n) is 11.1. The lowest BCUT2D eigenvalue weighted by Crippen LogP contribution is -2.28. The van der Waals surface area contributed by atoms with Gasteiger partial charge in [-0.25, -0.2) is 0 Å². The van der Waals surface area contributed by atoms with E-state index < -0.39 is 12.7 Å². The van der Waals surface area contributed by atoms with Crippen molar-refractivity contribution in [2.24, 2.45) is 0 Å². The molecule has 1 aliphatic carbocycles. The van der Waals surface area contributed by atoms with Crippen LogP contribution in [0.25, 0.3) is 0 Å². The van der Waals surface area contributed by atoms with Gasteiger partial charge in [0.15, 0.2) is 5.82 Å². The fourth-order valence-electron chi connectivity index (χ4n) is 2.16. The van der Waals surface area contributed by atoms with E-state index in [0.29, 0.717) is 16.8 Å². The number of halogens is 3. The molecule has 1 N–H and O–H groups in total. The molecule has 0 aromatic carbocycles. The molecule has 1 heterocycles. The van der Waals surface area contributed by atoms with E-state index in [9.17, 15) is 13.2 Å². The second-order valence-electron chi connectivity index (χ2n) is 4.89. The Morgan fingerprint density at radius 2 is 2.00 bits per heavy atom. The molecule has 1 aromatic rings. The maximum Gasteiger partial charge on any atom is 0.401 e. The van der Waals surface area contributed by atoms with Crippen LogP contribution < -0.4 is 5.32 Å². The highest BCUT2D eigenvalue weighted by atomic mass is 32.2. The first-order chi connectivity index (χ1) is 9.53. The molecule has 1 saturated carbocycles. The van der Waals surface area contributed by atoms with Gasteiger partial charge in [-0.2, -0.15) is 29.9 Å². The number of hydrogen-bond acceptors (Lipinski definition) is 5. The van der Waals surface area contributed by atoms with Crippen LogP contribution in [0.3, 0.4) is 0 Å². The van der Waals surface area contributed by atoms with Crippen molar-refractivity contribution in [2.75, 3.05) is 6.54 Å². The lowest BCUT2D eigenvalue weighted by atomic mass is 10.0. The van der Waals surface area contributed by atoms with Gasteiger partial charge < -0.3 is 9.84 Å². The Labute approximate surface area is 119 Å². The SMILES string of the molecule is FC(F)(F)CNCc1nc(CSC2CCCCC2)no1. The number of nitrogens with one attached hydrogen (secondary N) is 1. The monoisotopic (exact) mass is 309 g/mol. The van der Waals surface area contributed by atoms with Crippen LogP contribution in [0, 0.1) is 0 Å². The van der Waals surface area contributed by atoms with Crippen molar-refractivity contribution < 1.29 is 17.7 Å². The van der Waals surface area contributed by atoms with Crippen molar-refractivity contribution >= 4 is 11.8 Å². The molecule has 1 fully saturated rings. The van der Waals surface area contributed by atoms with E-state index in [0.717, 1.165) is 0 Å². The van der Waals surface area contributed by atoms with E-state index in [-0.39, 0.29) is 12.4 Å². The van der Waals surface area contributed by atoms with Gasteiger partial charge >= 0.3 is 6.18 Å². The second kappa shape index (κ2) is 7.31. The standard InChI is InChI=1S/C12H18F3N3OS/c13-12(14,15)8-16-6-11-17-10(18-19-11)7-20-9-4-2-1-3-5-9/h9,16H,1-8H2. The summed E-state index contributed by atoms with van der Waals surface area (Å²) in [6.07, 6.45) is 2.09. The maximum absolute atomic E-state index is 12.0. The lowest BCUT2D eigenvalue weighted by Gasteiger charge is -2.19. The summed E-state index contributed by atoms with van der Waals surface area (Å²) >= 11 is 1.81. The molecule has 1 aromatic heterocycles. The van der Waals surface area contributed by atoms with Gasteiger partial charge in [-0.05, 0) is 12.8 Å². The quantitative estimate of drug-likeness (QED) is 0.874. The number of alkyl halides is 3. The Morgan fingerprint density at radius 1 is 1.25 bits per heavy atom. The van der Waals surface area contributed by atoms with E-state index >= 15 is 0 Å². The first kappa shape index (κ1) is 15.6. The summed E-state index contributed by atoms with van der Waals surface area (Å²) in [4.78, 5) is 4.09. The van der Waals surface area contributed by atoms with Gasteiger partial charge in [0.2, 0.25) is 5.89 Å². The van der Waals surface area contributed by atoms with Crippen LogP contribution in [0.2, 0.25) is 0 Å². The molecule has 0 aliphatic heterocycles. The summed E-state index contributed by atoms with van der Waals surface area (Å²) in [6, 6.07) is 0. The summed E-state index contributed by atoms with van der Waals surface area (Å²) in [5, 5.41) is 6.67. The summed E-state index contributed by atoms with van der Waals surface area (Å²) in [5.41, 5.74) is 0. The summed E-state index contributed by atoms with van der Waals surface area (Å²) in [6.45, 7) is -1.11. The summed E-state index contributed by atoms with van der Waals surface area (Å²) in [5.74, 6) is 1.42. The number of thioether (sulfide) groups is 1. The van der Waals surface area contributed by atoms with Gasteiger partial charge in [0.1, 0.15) is 0 Å². The lowest BCUT2D eigenvalue weighted by molar-refractivity contribution is -0.125. The molecule has 114 valence electrons. The number of hydrogen-bond donors (Lipinski definition) is 1. The number of aromatic nitrogens is 2. The van der Waals surface area contributed by atoms with Crippen LogP contribution in [0.15, 0.2) is 4.52 Å². The van der Waals surface area contributed by atoms with Crippen LogP contribution in [-0.4, -0.2) is 28.1 Å². The highest BCUT2D eigenvalue weighted by Gasteiger charge is 2.26. The third-order valence-corrected chi connectivity index (χ3v) is 4.48. The van der Waals surface area contributed by atoms with E-state index in [4.69, 9.17) is 4.52 Å². The number of nitrogens with zero attached hydrogens (tertiary/aromatic N) is 2. The molecule has 8 heteroatoms. The molecule has 0 spiro atoms. The summed E-state index contributed by atoms with van der Waals surface area (Å²) in [7, 11) is 0. The minimum Gasteiger partial charge on any atom is -0.338 e. The van der Waals surface area contributed by atoms with E-state index in [1.165, 1.54) is 32.1 Å². The Balaban J connectivity index is 1.69. The molecule has 20 heavy (non-hydrogen) atoms. The van der Waals surface area contributed by atoms with Gasteiger partial charge in [-0.15, -0.1) is 0 Å². The molecule has 1 aliphatic rings. The van der Waals surface area contributed by atoms with Gasteiger partial charge in [-0.1, -0.05) is 24.4 Å². The first-order valence-corrected chi connectivity index (χ1v) is 7.78. The third kappa shape index (κ3) is 5.70. The number of rotatable bonds is 6. The predicted octanol–water partition coefficient (Wildman–Crippen LogP) is 3.29. The van der Waals surface area contributed by atoms with Gasteiger partial charge in [0, 0.05) is 5.25 Å². The van der Waals surface area contributed by atoms with E-state index in [1.54, 1.807) is 11.8 Å². The molecular weight excluding hydrogens is 291 g/mol. The smallest absolute Gasteiger partial charge is 0.338 e. The van der Waals surface area contributed by atoms with Crippen molar-refractivity contribution in [1.29, 1.82) is 0 Å². The van der Waals surface area contributed by atoms with E-state index in [2.05, 4.69) is 15.5 Å². The molecule has 0 atom stereocenters. The molecule has 0 bridgehead atoms. The van der Waals surface area contributed by atoms with Crippen molar-refractivity contribution in [3.8, 4) is 0 Å². The fraction of sp³-hybridized carbons (Fsp3) is 0.833. The molecule has 0 radical (unpaired) electrons. The molecule has 2 rings (SSSR count). The van der Waals surface area contributed by atoms with Gasteiger partial charge in [0.05, 0.1) is 18.8 Å². The van der Waals surface area contributed by atoms with E-state index in [1.807, 2.05) is 0 Å². The zero-order valence-corrected chi connectivity index (χ0v) is 11.9. The van der Waals surface area contributed by atoms with Crippen LogP contribution in [0.1, 0.15) is 43.8 Å². The van der Waals surface area contributed by atoms with Crippen LogP contribution in [0.4, 0.5) is 13.2 Å². The molecule has 4 nitrogen and oxygen atoms in total. The average Bonchev–Trinajstić information content (AvgIpc) is 2.84. The Hall–Kier alpha value is -0.760. The zero-order chi connectivity index (χ0) is 14.4. The van der Waals surface area contributed by atoms with Crippen LogP contribution >= 0.6 is 11.8 Å². The Morgan fingerprint density at radius 3 is 2.70 bits per heavy atom. The highest BCUT2D eigenvalue weighted by Crippen LogP contribution is 2.29. The highest BCUT2D eigenvalue weighted by molar-refractivity contribution is 7.99. The minimum absolute atomic E-state index is 0.0550. The maximum atomic E-state index is 12.0. The minimum atomic E-state index is -4.22. The fourth-order valence-corrected chi connectivity index (χ4v) is 3.32. The molecule has 0 amide bonds. The van der Waals surface area contributed by atoms with Crippen LogP contribution in [-0.2, 0) is 12.3 Å². The average molecular weight is 309 g/mol. The van der Waals surface area contributed by atoms with Crippen molar-refractivity contribution in [3.05, 3.63) is 11.7 Å². The second-order valence-corrected chi connectivity index (χ2v) is 6.18. The van der Waals surface area contributed by atoms with Gasteiger partial charge in [0.25, 0.3) is 0 Å². The topological polar surface area (TPSA) is 51.0 Å². The largest absolute Gasteiger partial charge is 0.401 e. The predicted molar refractivity (Wildman–Crippen MR) is 70.2 cm³/mol. The molecule has 0 saturated heterocycles. The molecule has 0 unspecified atom stereocenters. The van der Waals surface area contributed by atoms with Crippen LogP contribution in [0.5, 0.6) is 0 Å². The molecular formula is C12H18F3N3OS. The van der Waals surface area contributed by atoms with Gasteiger partial charge in [-0.3, -0.25) is 0 Å². The Bertz CT molecular complexity index is 405.